The minimum absolute atomic E-state index is 0.276. The van der Waals surface area contributed by atoms with Crippen molar-refractivity contribution in [3.8, 4) is 0 Å². The van der Waals surface area contributed by atoms with Crippen LogP contribution in [0.1, 0.15) is 36.5 Å². The Balaban J connectivity index is 1.86. The Morgan fingerprint density at radius 2 is 2.12 bits per heavy atom. The second-order valence-corrected chi connectivity index (χ2v) is 5.08. The fraction of sp³-hybridized carbons (Fsp3) is 0.385. The maximum Gasteiger partial charge on any atom is 0.0965 e. The molecule has 0 fully saturated rings. The second-order valence-electron chi connectivity index (χ2n) is 4.16. The van der Waals surface area contributed by atoms with E-state index in [0.717, 1.165) is 12.2 Å². The zero-order chi connectivity index (χ0) is 12.1. The monoisotopic (exact) mass is 247 g/mol. The average molecular weight is 247 g/mol. The summed E-state index contributed by atoms with van der Waals surface area (Å²) < 4.78 is 0. The lowest BCUT2D eigenvalue weighted by molar-refractivity contribution is 0.527. The molecule has 2 rings (SSSR count). The highest BCUT2D eigenvalue weighted by atomic mass is 32.1. The Morgan fingerprint density at radius 3 is 2.76 bits per heavy atom. The van der Waals surface area contributed by atoms with Crippen LogP contribution in [0.4, 0.5) is 0 Å². The highest BCUT2D eigenvalue weighted by Crippen LogP contribution is 2.18. The van der Waals surface area contributed by atoms with Crippen molar-refractivity contribution in [2.24, 2.45) is 0 Å². The van der Waals surface area contributed by atoms with Crippen LogP contribution in [-0.4, -0.2) is 16.5 Å². The molecule has 17 heavy (non-hydrogen) atoms. The van der Waals surface area contributed by atoms with Crippen LogP contribution in [0.5, 0.6) is 0 Å². The van der Waals surface area contributed by atoms with Gasteiger partial charge >= 0.3 is 0 Å². The third-order valence-corrected chi connectivity index (χ3v) is 3.74. The van der Waals surface area contributed by atoms with Crippen molar-refractivity contribution in [1.82, 2.24) is 15.3 Å². The number of aromatic nitrogens is 2. The van der Waals surface area contributed by atoms with Gasteiger partial charge < -0.3 is 5.32 Å². The number of nitrogens with zero attached hydrogens (tertiary/aromatic N) is 2. The largest absolute Gasteiger partial charge is 0.308 e. The van der Waals surface area contributed by atoms with Crippen molar-refractivity contribution in [1.29, 1.82) is 0 Å². The van der Waals surface area contributed by atoms with Gasteiger partial charge in [-0.15, -0.1) is 11.3 Å². The summed E-state index contributed by atoms with van der Waals surface area (Å²) in [4.78, 5) is 8.67. The topological polar surface area (TPSA) is 37.8 Å². The standard InChI is InChI=1S/C13H17N3S/c1-10(13-15-7-8-17-13)9-16-11(2)12-5-3-4-6-14-12/h3-8,10-11,16H,9H2,1-2H3. The molecule has 3 nitrogen and oxygen atoms in total. The van der Waals surface area contributed by atoms with E-state index in [0.29, 0.717) is 5.92 Å². The average Bonchev–Trinajstić information content (AvgIpc) is 2.90. The molecule has 0 saturated carbocycles. The van der Waals surface area contributed by atoms with Gasteiger partial charge in [-0.05, 0) is 19.1 Å². The summed E-state index contributed by atoms with van der Waals surface area (Å²) in [5.74, 6) is 0.446. The maximum absolute atomic E-state index is 4.34. The SMILES string of the molecule is CC(CNC(C)c1ccccn1)c1nccs1. The highest BCUT2D eigenvalue weighted by molar-refractivity contribution is 7.09. The fourth-order valence-corrected chi connectivity index (χ4v) is 2.35. The van der Waals surface area contributed by atoms with Gasteiger partial charge in [0.1, 0.15) is 0 Å². The zero-order valence-electron chi connectivity index (χ0n) is 10.1. The number of nitrogens with one attached hydrogen (secondary N) is 1. The van der Waals surface area contributed by atoms with Gasteiger partial charge in [0.15, 0.2) is 0 Å². The predicted molar refractivity (Wildman–Crippen MR) is 71.2 cm³/mol. The highest BCUT2D eigenvalue weighted by Gasteiger charge is 2.11. The summed E-state index contributed by atoms with van der Waals surface area (Å²) >= 11 is 1.71. The smallest absolute Gasteiger partial charge is 0.0965 e. The van der Waals surface area contributed by atoms with Gasteiger partial charge in [-0.1, -0.05) is 13.0 Å². The van der Waals surface area contributed by atoms with Crippen molar-refractivity contribution in [3.05, 3.63) is 46.7 Å². The van der Waals surface area contributed by atoms with Crippen LogP contribution in [-0.2, 0) is 0 Å². The van der Waals surface area contributed by atoms with Crippen molar-refractivity contribution < 1.29 is 0 Å². The Kier molecular flexibility index (Phi) is 4.23. The number of thiazole rings is 1. The van der Waals surface area contributed by atoms with E-state index in [9.17, 15) is 0 Å². The first kappa shape index (κ1) is 12.2. The molecular formula is C13H17N3S. The first-order chi connectivity index (χ1) is 8.27. The summed E-state index contributed by atoms with van der Waals surface area (Å²) in [7, 11) is 0. The van der Waals surface area contributed by atoms with Gasteiger partial charge in [-0.25, -0.2) is 4.98 Å². The molecule has 2 aromatic rings. The molecular weight excluding hydrogens is 230 g/mol. The Morgan fingerprint density at radius 1 is 1.24 bits per heavy atom. The molecule has 0 aromatic carbocycles. The molecule has 2 unspecified atom stereocenters. The van der Waals surface area contributed by atoms with Crippen LogP contribution < -0.4 is 5.32 Å². The van der Waals surface area contributed by atoms with Crippen molar-refractivity contribution in [3.63, 3.8) is 0 Å². The third kappa shape index (κ3) is 3.35. The predicted octanol–water partition coefficient (Wildman–Crippen LogP) is 2.99. The van der Waals surface area contributed by atoms with Crippen LogP contribution in [0.15, 0.2) is 36.0 Å². The molecule has 0 spiro atoms. The van der Waals surface area contributed by atoms with Gasteiger partial charge in [0, 0.05) is 36.3 Å². The molecule has 0 aliphatic carbocycles. The van der Waals surface area contributed by atoms with E-state index < -0.39 is 0 Å². The lowest BCUT2D eigenvalue weighted by Gasteiger charge is -2.16. The summed E-state index contributed by atoms with van der Waals surface area (Å²) in [5.41, 5.74) is 1.08. The zero-order valence-corrected chi connectivity index (χ0v) is 10.9. The summed E-state index contributed by atoms with van der Waals surface area (Å²) in [6, 6.07) is 6.28. The third-order valence-electron chi connectivity index (χ3n) is 2.73. The molecule has 0 aliphatic heterocycles. The molecule has 2 heterocycles. The van der Waals surface area contributed by atoms with Gasteiger partial charge in [0.25, 0.3) is 0 Å². The van der Waals surface area contributed by atoms with E-state index in [1.807, 2.05) is 36.0 Å². The lowest BCUT2D eigenvalue weighted by atomic mass is 10.1. The summed E-state index contributed by atoms with van der Waals surface area (Å²) in [6.07, 6.45) is 3.69. The lowest BCUT2D eigenvalue weighted by Crippen LogP contribution is -2.24. The molecule has 1 N–H and O–H groups in total. The Hall–Kier alpha value is -1.26. The number of hydrogen-bond acceptors (Lipinski definition) is 4. The molecule has 4 heteroatoms. The van der Waals surface area contributed by atoms with E-state index in [1.54, 1.807) is 11.3 Å². The Bertz CT molecular complexity index is 427. The first-order valence-electron chi connectivity index (χ1n) is 5.81. The van der Waals surface area contributed by atoms with Crippen molar-refractivity contribution in [2.75, 3.05) is 6.54 Å². The molecule has 0 amide bonds. The van der Waals surface area contributed by atoms with E-state index in [2.05, 4.69) is 29.1 Å². The fourth-order valence-electron chi connectivity index (χ4n) is 1.66. The molecule has 0 saturated heterocycles. The molecule has 90 valence electrons. The van der Waals surface area contributed by atoms with Crippen molar-refractivity contribution in [2.45, 2.75) is 25.8 Å². The molecule has 0 aliphatic rings. The van der Waals surface area contributed by atoms with Crippen LogP contribution >= 0.6 is 11.3 Å². The van der Waals surface area contributed by atoms with Crippen LogP contribution in [0.2, 0.25) is 0 Å². The van der Waals surface area contributed by atoms with Crippen LogP contribution in [0, 0.1) is 0 Å². The number of pyridine rings is 1. The molecule has 0 radical (unpaired) electrons. The van der Waals surface area contributed by atoms with E-state index in [1.165, 1.54) is 5.01 Å². The minimum atomic E-state index is 0.276. The summed E-state index contributed by atoms with van der Waals surface area (Å²) in [6.45, 7) is 5.25. The minimum Gasteiger partial charge on any atom is -0.308 e. The van der Waals surface area contributed by atoms with Gasteiger partial charge in [0.2, 0.25) is 0 Å². The first-order valence-corrected chi connectivity index (χ1v) is 6.69. The van der Waals surface area contributed by atoms with Crippen molar-refractivity contribution >= 4 is 11.3 Å². The Labute approximate surface area is 106 Å². The van der Waals surface area contributed by atoms with Gasteiger partial charge in [-0.3, -0.25) is 4.98 Å². The molecule has 2 atom stereocenters. The number of hydrogen-bond donors (Lipinski definition) is 1. The normalized spacial score (nSPS) is 14.5. The van der Waals surface area contributed by atoms with E-state index in [4.69, 9.17) is 0 Å². The number of rotatable bonds is 5. The van der Waals surface area contributed by atoms with E-state index in [-0.39, 0.29) is 6.04 Å². The maximum atomic E-state index is 4.34. The quantitative estimate of drug-likeness (QED) is 0.882. The second kappa shape index (κ2) is 5.89. The van der Waals surface area contributed by atoms with E-state index >= 15 is 0 Å². The van der Waals surface area contributed by atoms with Crippen LogP contribution in [0.3, 0.4) is 0 Å². The molecule has 0 bridgehead atoms. The van der Waals surface area contributed by atoms with Gasteiger partial charge in [0.05, 0.1) is 10.7 Å². The van der Waals surface area contributed by atoms with Gasteiger partial charge in [-0.2, -0.15) is 0 Å². The van der Waals surface area contributed by atoms with Crippen LogP contribution in [0.25, 0.3) is 0 Å². The molecule has 2 aromatic heterocycles. The summed E-state index contributed by atoms with van der Waals surface area (Å²) in [5, 5.41) is 6.70.